The zero-order chi connectivity index (χ0) is 9.56. The molecule has 72 valence electrons. The number of hydrogen-bond donors (Lipinski definition) is 1. The maximum absolute atomic E-state index is 11.5. The average molecular weight is 171 g/mol. The van der Waals surface area contributed by atoms with Crippen molar-refractivity contribution in [2.24, 2.45) is 11.8 Å². The fourth-order valence-corrected chi connectivity index (χ4v) is 1.44. The zero-order valence-electron chi connectivity index (χ0n) is 8.68. The van der Waals surface area contributed by atoms with Crippen molar-refractivity contribution < 1.29 is 4.79 Å². The van der Waals surface area contributed by atoms with Crippen LogP contribution in [0, 0.1) is 11.8 Å². The van der Waals surface area contributed by atoms with Crippen LogP contribution in [-0.2, 0) is 4.79 Å². The van der Waals surface area contributed by atoms with Gasteiger partial charge < -0.3 is 5.32 Å². The molecule has 1 amide bonds. The van der Waals surface area contributed by atoms with Crippen LogP contribution in [0.2, 0.25) is 0 Å². The Balaban J connectivity index is 4.04. The molecule has 1 N–H and O–H groups in total. The summed E-state index contributed by atoms with van der Waals surface area (Å²) in [5, 5.41) is 2.87. The summed E-state index contributed by atoms with van der Waals surface area (Å²) in [6.45, 7) is 9.05. The Morgan fingerprint density at radius 3 is 2.17 bits per heavy atom. The smallest absolute Gasteiger partial charge is 0.223 e. The number of rotatable bonds is 5. The Labute approximate surface area is 75.7 Å². The molecular formula is C10H21NO. The van der Waals surface area contributed by atoms with Gasteiger partial charge in [0.15, 0.2) is 0 Å². The Morgan fingerprint density at radius 2 is 1.83 bits per heavy atom. The Kier molecular flexibility index (Phi) is 5.77. The van der Waals surface area contributed by atoms with Crippen molar-refractivity contribution in [2.75, 3.05) is 6.54 Å². The first-order chi connectivity index (χ1) is 5.67. The van der Waals surface area contributed by atoms with Crippen molar-refractivity contribution in [3.63, 3.8) is 0 Å². The van der Waals surface area contributed by atoms with Crippen LogP contribution in [-0.4, -0.2) is 12.5 Å². The lowest BCUT2D eigenvalue weighted by Crippen LogP contribution is -2.33. The van der Waals surface area contributed by atoms with Crippen LogP contribution >= 0.6 is 0 Å². The fraction of sp³-hybridized carbons (Fsp3) is 0.900. The molecule has 2 nitrogen and oxygen atoms in total. The van der Waals surface area contributed by atoms with Gasteiger partial charge >= 0.3 is 0 Å². The second kappa shape index (κ2) is 6.04. The molecule has 1 unspecified atom stereocenters. The normalized spacial score (nSPS) is 15.3. The van der Waals surface area contributed by atoms with Crippen LogP contribution in [0.4, 0.5) is 0 Å². The molecule has 0 heterocycles. The zero-order valence-corrected chi connectivity index (χ0v) is 8.68. The van der Waals surface area contributed by atoms with Crippen molar-refractivity contribution in [1.82, 2.24) is 5.32 Å². The second-order valence-corrected chi connectivity index (χ2v) is 3.29. The molecule has 0 spiro atoms. The van der Waals surface area contributed by atoms with Gasteiger partial charge in [0.2, 0.25) is 5.91 Å². The lowest BCUT2D eigenvalue weighted by Gasteiger charge is -2.19. The molecule has 2 heteroatoms. The van der Waals surface area contributed by atoms with E-state index in [1.807, 2.05) is 6.92 Å². The van der Waals surface area contributed by atoms with E-state index in [1.54, 1.807) is 0 Å². The molecule has 0 aliphatic carbocycles. The minimum Gasteiger partial charge on any atom is -0.356 e. The van der Waals surface area contributed by atoms with Crippen molar-refractivity contribution in [3.05, 3.63) is 0 Å². The molecule has 0 radical (unpaired) electrons. The highest BCUT2D eigenvalue weighted by Crippen LogP contribution is 2.18. The van der Waals surface area contributed by atoms with E-state index in [9.17, 15) is 4.79 Å². The van der Waals surface area contributed by atoms with Gasteiger partial charge in [-0.15, -0.1) is 0 Å². The largest absolute Gasteiger partial charge is 0.356 e. The van der Waals surface area contributed by atoms with E-state index in [2.05, 4.69) is 26.1 Å². The highest BCUT2D eigenvalue weighted by atomic mass is 16.1. The summed E-state index contributed by atoms with van der Waals surface area (Å²) in [7, 11) is 0. The van der Waals surface area contributed by atoms with Crippen LogP contribution in [0.5, 0.6) is 0 Å². The van der Waals surface area contributed by atoms with Gasteiger partial charge in [0.1, 0.15) is 0 Å². The van der Waals surface area contributed by atoms with Crippen molar-refractivity contribution in [3.8, 4) is 0 Å². The van der Waals surface area contributed by atoms with E-state index in [-0.39, 0.29) is 11.8 Å². The molecular weight excluding hydrogens is 150 g/mol. The number of hydrogen-bond acceptors (Lipinski definition) is 1. The lowest BCUT2D eigenvalue weighted by molar-refractivity contribution is -0.126. The number of carbonyl (C=O) groups excluding carboxylic acids is 1. The van der Waals surface area contributed by atoms with Gasteiger partial charge in [0, 0.05) is 12.5 Å². The van der Waals surface area contributed by atoms with Crippen molar-refractivity contribution >= 4 is 5.91 Å². The average Bonchev–Trinajstić information content (AvgIpc) is 2.06. The SMILES string of the molecule is CCNC(=O)[C@@H](CC)C(C)CC. The molecule has 0 fully saturated rings. The highest BCUT2D eigenvalue weighted by molar-refractivity contribution is 5.78. The van der Waals surface area contributed by atoms with Gasteiger partial charge in [-0.1, -0.05) is 27.2 Å². The third-order valence-corrected chi connectivity index (χ3v) is 2.46. The van der Waals surface area contributed by atoms with Crippen LogP contribution in [0.3, 0.4) is 0 Å². The third kappa shape index (κ3) is 3.24. The van der Waals surface area contributed by atoms with E-state index in [0.29, 0.717) is 5.92 Å². The minimum atomic E-state index is 0.204. The first-order valence-corrected chi connectivity index (χ1v) is 4.94. The van der Waals surface area contributed by atoms with Crippen LogP contribution < -0.4 is 5.32 Å². The summed E-state index contributed by atoms with van der Waals surface area (Å²) in [4.78, 5) is 11.5. The van der Waals surface area contributed by atoms with Crippen LogP contribution in [0.25, 0.3) is 0 Å². The van der Waals surface area contributed by atoms with E-state index >= 15 is 0 Å². The summed E-state index contributed by atoms with van der Waals surface area (Å²) in [6, 6.07) is 0. The highest BCUT2D eigenvalue weighted by Gasteiger charge is 2.20. The van der Waals surface area contributed by atoms with Crippen molar-refractivity contribution in [2.45, 2.75) is 40.5 Å². The molecule has 0 rings (SSSR count). The number of nitrogens with one attached hydrogen (secondary N) is 1. The van der Waals surface area contributed by atoms with Gasteiger partial charge in [0.25, 0.3) is 0 Å². The molecule has 0 aromatic heterocycles. The summed E-state index contributed by atoms with van der Waals surface area (Å²) >= 11 is 0. The van der Waals surface area contributed by atoms with E-state index in [1.165, 1.54) is 0 Å². The first kappa shape index (κ1) is 11.5. The summed E-state index contributed by atoms with van der Waals surface area (Å²) in [5.41, 5.74) is 0. The number of amides is 1. The Morgan fingerprint density at radius 1 is 1.25 bits per heavy atom. The maximum atomic E-state index is 11.5. The van der Waals surface area contributed by atoms with Gasteiger partial charge in [0.05, 0.1) is 0 Å². The topological polar surface area (TPSA) is 29.1 Å². The lowest BCUT2D eigenvalue weighted by atomic mass is 9.89. The summed E-state index contributed by atoms with van der Waals surface area (Å²) in [5.74, 6) is 0.922. The van der Waals surface area contributed by atoms with E-state index in [4.69, 9.17) is 0 Å². The quantitative estimate of drug-likeness (QED) is 0.675. The van der Waals surface area contributed by atoms with Gasteiger partial charge in [-0.2, -0.15) is 0 Å². The minimum absolute atomic E-state index is 0.204. The second-order valence-electron chi connectivity index (χ2n) is 3.29. The van der Waals surface area contributed by atoms with Crippen LogP contribution in [0.1, 0.15) is 40.5 Å². The number of carbonyl (C=O) groups is 1. The molecule has 0 saturated carbocycles. The molecule has 0 aromatic carbocycles. The summed E-state index contributed by atoms with van der Waals surface area (Å²) < 4.78 is 0. The Bertz CT molecular complexity index is 134. The molecule has 0 aromatic rings. The molecule has 0 saturated heterocycles. The fourth-order valence-electron chi connectivity index (χ4n) is 1.44. The Hall–Kier alpha value is -0.530. The van der Waals surface area contributed by atoms with Gasteiger partial charge in [-0.05, 0) is 19.3 Å². The summed E-state index contributed by atoms with van der Waals surface area (Å²) in [6.07, 6.45) is 2.02. The van der Waals surface area contributed by atoms with Gasteiger partial charge in [-0.25, -0.2) is 0 Å². The predicted molar refractivity (Wildman–Crippen MR) is 51.9 cm³/mol. The predicted octanol–water partition coefficient (Wildman–Crippen LogP) is 2.19. The monoisotopic (exact) mass is 171 g/mol. The maximum Gasteiger partial charge on any atom is 0.223 e. The van der Waals surface area contributed by atoms with E-state index in [0.717, 1.165) is 19.4 Å². The van der Waals surface area contributed by atoms with Crippen LogP contribution in [0.15, 0.2) is 0 Å². The standard InChI is InChI=1S/C10H21NO/c1-5-8(4)9(6-2)10(12)11-7-3/h8-9H,5-7H2,1-4H3,(H,11,12)/t8?,9-/m0/s1. The van der Waals surface area contributed by atoms with Crippen molar-refractivity contribution in [1.29, 1.82) is 0 Å². The molecule has 0 aliphatic rings. The third-order valence-electron chi connectivity index (χ3n) is 2.46. The molecule has 0 aliphatic heterocycles. The van der Waals surface area contributed by atoms with E-state index < -0.39 is 0 Å². The molecule has 0 bridgehead atoms. The molecule has 12 heavy (non-hydrogen) atoms. The van der Waals surface area contributed by atoms with Gasteiger partial charge in [-0.3, -0.25) is 4.79 Å². The molecule has 2 atom stereocenters. The first-order valence-electron chi connectivity index (χ1n) is 4.94.